The van der Waals surface area contributed by atoms with Crippen LogP contribution in [0.2, 0.25) is 0 Å². The number of halogens is 1. The first-order valence-corrected chi connectivity index (χ1v) is 10.3. The largest absolute Gasteiger partial charge is 0.504 e. The van der Waals surface area contributed by atoms with E-state index in [2.05, 4.69) is 0 Å². The van der Waals surface area contributed by atoms with Crippen LogP contribution in [0.25, 0.3) is 22.3 Å². The van der Waals surface area contributed by atoms with E-state index in [1.165, 1.54) is 32.4 Å². The molecule has 4 aromatic carbocycles. The fourth-order valence-corrected chi connectivity index (χ4v) is 3.65. The Morgan fingerprint density at radius 1 is 0.758 bits per heavy atom. The minimum absolute atomic E-state index is 0.0773. The van der Waals surface area contributed by atoms with Crippen LogP contribution in [0.5, 0.6) is 28.7 Å². The van der Waals surface area contributed by atoms with E-state index < -0.39 is 0 Å². The number of ether oxygens (including phenoxy) is 3. The van der Waals surface area contributed by atoms with Gasteiger partial charge in [0.05, 0.1) is 19.8 Å². The van der Waals surface area contributed by atoms with Crippen molar-refractivity contribution in [1.29, 1.82) is 0 Å². The van der Waals surface area contributed by atoms with Crippen molar-refractivity contribution in [2.24, 2.45) is 0 Å². The monoisotopic (exact) mass is 446 g/mol. The summed E-state index contributed by atoms with van der Waals surface area (Å²) in [4.78, 5) is 0. The molecule has 4 rings (SSSR count). The average Bonchev–Trinajstić information content (AvgIpc) is 2.84. The molecule has 0 heterocycles. The van der Waals surface area contributed by atoms with Gasteiger partial charge in [0.15, 0.2) is 23.0 Å². The molecule has 0 aliphatic heterocycles. The molecule has 0 spiro atoms. The van der Waals surface area contributed by atoms with E-state index in [4.69, 9.17) is 14.2 Å². The normalized spacial score (nSPS) is 10.6. The molecule has 0 saturated carbocycles. The molecular formula is C27H23FO5. The van der Waals surface area contributed by atoms with Crippen LogP contribution in [0.4, 0.5) is 4.39 Å². The van der Waals surface area contributed by atoms with Gasteiger partial charge in [-0.25, -0.2) is 4.39 Å². The zero-order valence-electron chi connectivity index (χ0n) is 18.2. The van der Waals surface area contributed by atoms with Crippen molar-refractivity contribution < 1.29 is 28.8 Å². The van der Waals surface area contributed by atoms with E-state index in [0.29, 0.717) is 40.4 Å². The Balaban J connectivity index is 1.72. The van der Waals surface area contributed by atoms with Crippen molar-refractivity contribution in [2.45, 2.75) is 6.61 Å². The van der Waals surface area contributed by atoms with Crippen LogP contribution in [0.1, 0.15) is 5.56 Å². The van der Waals surface area contributed by atoms with Crippen molar-refractivity contribution >= 4 is 0 Å². The molecule has 33 heavy (non-hydrogen) atoms. The molecule has 2 N–H and O–H groups in total. The lowest BCUT2D eigenvalue weighted by Crippen LogP contribution is -1.97. The van der Waals surface area contributed by atoms with Crippen molar-refractivity contribution in [1.82, 2.24) is 0 Å². The van der Waals surface area contributed by atoms with E-state index in [-0.39, 0.29) is 23.1 Å². The highest BCUT2D eigenvalue weighted by atomic mass is 19.1. The highest BCUT2D eigenvalue weighted by Crippen LogP contribution is 2.50. The Bertz CT molecular complexity index is 1250. The Morgan fingerprint density at radius 3 is 2.09 bits per heavy atom. The third-order valence-electron chi connectivity index (χ3n) is 5.28. The summed E-state index contributed by atoms with van der Waals surface area (Å²) >= 11 is 0. The third-order valence-corrected chi connectivity index (χ3v) is 5.28. The molecule has 5 nitrogen and oxygen atoms in total. The zero-order chi connectivity index (χ0) is 23.4. The predicted octanol–water partition coefficient (Wildman–Crippen LogP) is 6.17. The Morgan fingerprint density at radius 2 is 1.45 bits per heavy atom. The highest BCUT2D eigenvalue weighted by molar-refractivity contribution is 5.88. The van der Waals surface area contributed by atoms with Gasteiger partial charge in [-0.3, -0.25) is 0 Å². The van der Waals surface area contributed by atoms with Crippen molar-refractivity contribution in [3.05, 3.63) is 90.2 Å². The van der Waals surface area contributed by atoms with Crippen LogP contribution in [0, 0.1) is 5.82 Å². The van der Waals surface area contributed by atoms with Crippen LogP contribution in [-0.4, -0.2) is 24.4 Å². The maximum atomic E-state index is 13.4. The summed E-state index contributed by atoms with van der Waals surface area (Å²) < 4.78 is 30.1. The molecule has 0 aliphatic carbocycles. The first-order chi connectivity index (χ1) is 16.0. The fourth-order valence-electron chi connectivity index (χ4n) is 3.65. The first kappa shape index (κ1) is 22.0. The summed E-state index contributed by atoms with van der Waals surface area (Å²) in [5.41, 5.74) is 3.04. The first-order valence-electron chi connectivity index (χ1n) is 10.3. The average molecular weight is 446 g/mol. The van der Waals surface area contributed by atoms with Gasteiger partial charge in [-0.05, 0) is 47.0 Å². The molecular weight excluding hydrogens is 423 g/mol. The molecule has 0 bridgehead atoms. The Labute approximate surface area is 191 Å². The van der Waals surface area contributed by atoms with Crippen LogP contribution >= 0.6 is 0 Å². The predicted molar refractivity (Wildman–Crippen MR) is 124 cm³/mol. The molecule has 0 saturated heterocycles. The molecule has 0 aromatic heterocycles. The molecule has 168 valence electrons. The van der Waals surface area contributed by atoms with Gasteiger partial charge < -0.3 is 24.4 Å². The maximum absolute atomic E-state index is 13.4. The van der Waals surface area contributed by atoms with Gasteiger partial charge in [-0.15, -0.1) is 0 Å². The van der Waals surface area contributed by atoms with Crippen LogP contribution < -0.4 is 14.2 Å². The lowest BCUT2D eigenvalue weighted by atomic mass is 9.96. The number of hydrogen-bond donors (Lipinski definition) is 2. The molecule has 0 radical (unpaired) electrons. The summed E-state index contributed by atoms with van der Waals surface area (Å²) in [5, 5.41) is 21.6. The number of phenolic OH excluding ortho intramolecular Hbond substituents is 2. The van der Waals surface area contributed by atoms with Crippen molar-refractivity contribution in [3.8, 4) is 51.0 Å². The Hall–Kier alpha value is -4.19. The van der Waals surface area contributed by atoms with Gasteiger partial charge in [0, 0.05) is 5.56 Å². The van der Waals surface area contributed by atoms with E-state index in [9.17, 15) is 14.6 Å². The quantitative estimate of drug-likeness (QED) is 0.355. The van der Waals surface area contributed by atoms with Crippen LogP contribution in [0.3, 0.4) is 0 Å². The standard InChI is InChI=1S/C27H23FO5/c1-31-24-15-21(18-8-11-20(28)12-9-18)27(32-2)26(30)25(24)19-10-13-23(22(29)14-19)33-16-17-6-4-3-5-7-17/h3-15,29-30H,16H2,1-2H3. The van der Waals surface area contributed by atoms with Gasteiger partial charge in [0.1, 0.15) is 18.2 Å². The summed E-state index contributed by atoms with van der Waals surface area (Å²) in [6, 6.07) is 22.0. The number of benzene rings is 4. The lowest BCUT2D eigenvalue weighted by molar-refractivity contribution is 0.289. The second-order valence-corrected chi connectivity index (χ2v) is 7.35. The maximum Gasteiger partial charge on any atom is 0.170 e. The molecule has 4 aromatic rings. The molecule has 6 heteroatoms. The van der Waals surface area contributed by atoms with E-state index >= 15 is 0 Å². The number of hydrogen-bond acceptors (Lipinski definition) is 5. The molecule has 0 aliphatic rings. The summed E-state index contributed by atoms with van der Waals surface area (Å²) in [7, 11) is 2.92. The number of aromatic hydroxyl groups is 2. The minimum Gasteiger partial charge on any atom is -0.504 e. The minimum atomic E-state index is -0.365. The van der Waals surface area contributed by atoms with Crippen LogP contribution in [0.15, 0.2) is 78.9 Å². The summed E-state index contributed by atoms with van der Waals surface area (Å²) in [5.74, 6) is 0.290. The van der Waals surface area contributed by atoms with Crippen molar-refractivity contribution in [3.63, 3.8) is 0 Å². The van der Waals surface area contributed by atoms with Gasteiger partial charge in [0.2, 0.25) is 0 Å². The van der Waals surface area contributed by atoms with Gasteiger partial charge in [0.25, 0.3) is 0 Å². The topological polar surface area (TPSA) is 68.2 Å². The van der Waals surface area contributed by atoms with E-state index in [1.54, 1.807) is 30.3 Å². The smallest absolute Gasteiger partial charge is 0.170 e. The van der Waals surface area contributed by atoms with Gasteiger partial charge in [-0.2, -0.15) is 0 Å². The summed E-state index contributed by atoms with van der Waals surface area (Å²) in [6.07, 6.45) is 0. The number of rotatable bonds is 7. The molecule has 0 unspecified atom stereocenters. The van der Waals surface area contributed by atoms with E-state index in [1.807, 2.05) is 30.3 Å². The van der Waals surface area contributed by atoms with Gasteiger partial charge >= 0.3 is 0 Å². The lowest BCUT2D eigenvalue weighted by Gasteiger charge is -2.18. The van der Waals surface area contributed by atoms with Crippen LogP contribution in [-0.2, 0) is 6.61 Å². The molecule has 0 fully saturated rings. The molecule has 0 amide bonds. The van der Waals surface area contributed by atoms with Crippen molar-refractivity contribution in [2.75, 3.05) is 14.2 Å². The number of methoxy groups -OCH3 is 2. The zero-order valence-corrected chi connectivity index (χ0v) is 18.2. The SMILES string of the molecule is COc1cc(-c2ccc(F)cc2)c(OC)c(O)c1-c1ccc(OCc2ccccc2)c(O)c1. The third kappa shape index (κ3) is 4.55. The highest BCUT2D eigenvalue weighted by Gasteiger charge is 2.22. The second-order valence-electron chi connectivity index (χ2n) is 7.35. The number of phenols is 2. The second kappa shape index (κ2) is 9.53. The molecule has 0 atom stereocenters. The Kier molecular flexibility index (Phi) is 6.36. The van der Waals surface area contributed by atoms with Gasteiger partial charge in [-0.1, -0.05) is 48.5 Å². The fraction of sp³-hybridized carbons (Fsp3) is 0.111. The van der Waals surface area contributed by atoms with E-state index in [0.717, 1.165) is 5.56 Å². The summed E-state index contributed by atoms with van der Waals surface area (Å²) in [6.45, 7) is 0.308.